The number of ether oxygens (including phenoxy) is 1. The van der Waals surface area contributed by atoms with Gasteiger partial charge in [0.1, 0.15) is 23.7 Å². The number of halogens is 3. The summed E-state index contributed by atoms with van der Waals surface area (Å²) < 4.78 is 46.3. The van der Waals surface area contributed by atoms with E-state index in [-0.39, 0.29) is 18.3 Å². The number of aromatic nitrogens is 3. The van der Waals surface area contributed by atoms with Gasteiger partial charge in [0.2, 0.25) is 0 Å². The molecule has 0 fully saturated rings. The number of nitrogens with zero attached hydrogens (tertiary/aromatic N) is 4. The van der Waals surface area contributed by atoms with Crippen molar-refractivity contribution in [3.8, 4) is 5.75 Å². The molecule has 0 saturated carbocycles. The van der Waals surface area contributed by atoms with Gasteiger partial charge in [0.15, 0.2) is 0 Å². The largest absolute Gasteiger partial charge is 0.491 e. The molecule has 0 spiro atoms. The number of alkyl halides is 3. The van der Waals surface area contributed by atoms with E-state index in [1.54, 1.807) is 43.0 Å². The number of aryl methyl sites for hydroxylation is 1. The highest BCUT2D eigenvalue weighted by atomic mass is 19.4. The summed E-state index contributed by atoms with van der Waals surface area (Å²) in [5.74, 6) is 0.193. The summed E-state index contributed by atoms with van der Waals surface area (Å²) in [7, 11) is 1.61. The maximum Gasteiger partial charge on any atom is 0.416 e. The van der Waals surface area contributed by atoms with E-state index in [9.17, 15) is 18.0 Å². The molecule has 1 unspecified atom stereocenters. The number of nitrogens with two attached hydrogens (primary N) is 1. The summed E-state index contributed by atoms with van der Waals surface area (Å²) in [6.07, 6.45) is -1.27. The molecule has 1 amide bonds. The molecule has 7 nitrogen and oxygen atoms in total. The van der Waals surface area contributed by atoms with Crippen molar-refractivity contribution in [2.45, 2.75) is 19.1 Å². The average Bonchev–Trinajstić information content (AvgIpc) is 3.39. The lowest BCUT2D eigenvalue weighted by Gasteiger charge is -2.25. The highest BCUT2D eigenvalue weighted by Gasteiger charge is 2.36. The van der Waals surface area contributed by atoms with Gasteiger partial charge in [0, 0.05) is 18.2 Å². The summed E-state index contributed by atoms with van der Waals surface area (Å²) in [6.45, 7) is 1.88. The molecule has 2 N–H and O–H groups in total. The van der Waals surface area contributed by atoms with Crippen LogP contribution in [0, 0.1) is 6.92 Å². The second-order valence-corrected chi connectivity index (χ2v) is 7.79. The number of amides is 1. The third-order valence-electron chi connectivity index (χ3n) is 5.84. The van der Waals surface area contributed by atoms with Crippen LogP contribution in [0.3, 0.4) is 0 Å². The van der Waals surface area contributed by atoms with E-state index in [0.717, 1.165) is 12.1 Å². The predicted molar refractivity (Wildman–Crippen MR) is 111 cm³/mol. The smallest absolute Gasteiger partial charge is 0.416 e. The van der Waals surface area contributed by atoms with Crippen LogP contribution in [0.5, 0.6) is 5.75 Å². The van der Waals surface area contributed by atoms with Gasteiger partial charge in [-0.1, -0.05) is 6.07 Å². The van der Waals surface area contributed by atoms with Gasteiger partial charge in [-0.05, 0) is 36.8 Å². The number of rotatable bonds is 2. The molecule has 4 aromatic rings. The van der Waals surface area contributed by atoms with Crippen LogP contribution in [-0.4, -0.2) is 38.8 Å². The van der Waals surface area contributed by atoms with Gasteiger partial charge in [-0.3, -0.25) is 9.20 Å². The van der Waals surface area contributed by atoms with Gasteiger partial charge < -0.3 is 15.4 Å². The number of hydrogen-bond acceptors (Lipinski definition) is 5. The van der Waals surface area contributed by atoms with Crippen molar-refractivity contribution >= 4 is 28.3 Å². The number of likely N-dealkylation sites (N-methyl/N-ethyl adjacent to an activating group) is 1. The Bertz CT molecular complexity index is 1400. The Labute approximate surface area is 180 Å². The first-order valence-corrected chi connectivity index (χ1v) is 9.78. The van der Waals surface area contributed by atoms with Crippen molar-refractivity contribution in [3.05, 3.63) is 65.1 Å². The van der Waals surface area contributed by atoms with Crippen LogP contribution in [0.2, 0.25) is 0 Å². The van der Waals surface area contributed by atoms with Gasteiger partial charge in [0.25, 0.3) is 5.91 Å². The van der Waals surface area contributed by atoms with Gasteiger partial charge >= 0.3 is 6.18 Å². The fourth-order valence-electron chi connectivity index (χ4n) is 4.08. The Morgan fingerprint density at radius 1 is 1.25 bits per heavy atom. The minimum Gasteiger partial charge on any atom is -0.491 e. The second-order valence-electron chi connectivity index (χ2n) is 7.79. The lowest BCUT2D eigenvalue weighted by atomic mass is 10.0. The van der Waals surface area contributed by atoms with Crippen molar-refractivity contribution in [2.75, 3.05) is 19.4 Å². The average molecular weight is 441 g/mol. The molecule has 0 radical (unpaired) electrons. The Hall–Kier alpha value is -3.82. The molecule has 164 valence electrons. The Balaban J connectivity index is 1.53. The molecular formula is C22H18F3N5O2. The highest BCUT2D eigenvalue weighted by molar-refractivity contribution is 6.00. The predicted octanol–water partition coefficient (Wildman–Crippen LogP) is 4.00. The fourth-order valence-corrected chi connectivity index (χ4v) is 4.08. The van der Waals surface area contributed by atoms with Crippen LogP contribution in [-0.2, 0) is 6.18 Å². The van der Waals surface area contributed by atoms with Crippen LogP contribution < -0.4 is 10.5 Å². The lowest BCUT2D eigenvalue weighted by molar-refractivity contribution is -0.137. The zero-order valence-electron chi connectivity index (χ0n) is 17.1. The molecule has 2 aromatic carbocycles. The fraction of sp³-hybridized carbons (Fsp3) is 0.227. The molecule has 2 aromatic heterocycles. The first kappa shape index (κ1) is 20.1. The van der Waals surface area contributed by atoms with Gasteiger partial charge in [-0.2, -0.15) is 13.2 Å². The second kappa shape index (κ2) is 6.84. The van der Waals surface area contributed by atoms with Crippen LogP contribution in [0.4, 0.5) is 19.0 Å². The van der Waals surface area contributed by atoms with Gasteiger partial charge in [0.05, 0.1) is 35.2 Å². The SMILES string of the molecule is Cc1cc2nc(N)c3cncn3c2cc1C(=O)N(C)C1COc2cc(C(F)(F)F)ccc21. The maximum absolute atomic E-state index is 13.4. The molecule has 5 rings (SSSR count). The molecule has 0 bridgehead atoms. The number of hydrogen-bond donors (Lipinski definition) is 1. The topological polar surface area (TPSA) is 85.8 Å². The third-order valence-corrected chi connectivity index (χ3v) is 5.84. The molecule has 0 saturated heterocycles. The number of fused-ring (bicyclic) bond motifs is 4. The van der Waals surface area contributed by atoms with Crippen molar-refractivity contribution in [1.82, 2.24) is 19.3 Å². The van der Waals surface area contributed by atoms with E-state index in [0.29, 0.717) is 39.1 Å². The first-order chi connectivity index (χ1) is 15.1. The normalized spacial score (nSPS) is 15.7. The van der Waals surface area contributed by atoms with Crippen molar-refractivity contribution in [3.63, 3.8) is 0 Å². The highest BCUT2D eigenvalue weighted by Crippen LogP contribution is 2.40. The monoisotopic (exact) mass is 441 g/mol. The number of carbonyl (C=O) groups excluding carboxylic acids is 1. The van der Waals surface area contributed by atoms with Gasteiger partial charge in [-0.25, -0.2) is 9.97 Å². The summed E-state index contributed by atoms with van der Waals surface area (Å²) in [4.78, 5) is 23.4. The zero-order chi connectivity index (χ0) is 22.8. The van der Waals surface area contributed by atoms with E-state index in [4.69, 9.17) is 10.5 Å². The van der Waals surface area contributed by atoms with E-state index < -0.39 is 17.8 Å². The van der Waals surface area contributed by atoms with E-state index >= 15 is 0 Å². The molecule has 1 aliphatic heterocycles. The molecule has 0 aliphatic carbocycles. The maximum atomic E-state index is 13.4. The summed E-state index contributed by atoms with van der Waals surface area (Å²) in [5.41, 5.74) is 8.83. The molecule has 3 heterocycles. The lowest BCUT2D eigenvalue weighted by Crippen LogP contribution is -2.32. The first-order valence-electron chi connectivity index (χ1n) is 9.78. The number of nitrogen functional groups attached to an aromatic ring is 1. The molecule has 10 heteroatoms. The molecule has 1 aliphatic rings. The summed E-state index contributed by atoms with van der Waals surface area (Å²) in [6, 6.07) is 6.35. The quantitative estimate of drug-likeness (QED) is 0.508. The number of anilines is 1. The van der Waals surface area contributed by atoms with Gasteiger partial charge in [-0.15, -0.1) is 0 Å². The van der Waals surface area contributed by atoms with Crippen molar-refractivity contribution in [1.29, 1.82) is 0 Å². The van der Waals surface area contributed by atoms with E-state index in [2.05, 4.69) is 9.97 Å². The number of imidazole rings is 1. The molecule has 32 heavy (non-hydrogen) atoms. The Morgan fingerprint density at radius 3 is 2.78 bits per heavy atom. The Kier molecular flexibility index (Phi) is 4.30. The molecule has 1 atom stereocenters. The van der Waals surface area contributed by atoms with Crippen LogP contribution in [0.15, 0.2) is 42.9 Å². The van der Waals surface area contributed by atoms with Crippen LogP contribution >= 0.6 is 0 Å². The molecular weight excluding hydrogens is 423 g/mol. The zero-order valence-corrected chi connectivity index (χ0v) is 17.1. The van der Waals surface area contributed by atoms with Crippen LogP contribution in [0.1, 0.15) is 33.1 Å². The Morgan fingerprint density at radius 2 is 2.03 bits per heavy atom. The van der Waals surface area contributed by atoms with E-state index in [1.807, 2.05) is 0 Å². The standard InChI is InChI=1S/C22H18F3N5O2/c1-11-5-15-16(30-10-27-8-17(30)20(26)28-15)7-14(11)21(31)29(2)18-9-32-19-6-12(22(23,24)25)3-4-13(18)19/h3-8,10,18H,9H2,1-2H3,(H2,26,28). The van der Waals surface area contributed by atoms with Crippen LogP contribution in [0.25, 0.3) is 16.6 Å². The summed E-state index contributed by atoms with van der Waals surface area (Å²) in [5, 5.41) is 0. The minimum absolute atomic E-state index is 0.0787. The van der Waals surface area contributed by atoms with Crippen molar-refractivity contribution in [2.24, 2.45) is 0 Å². The van der Waals surface area contributed by atoms with Crippen molar-refractivity contribution < 1.29 is 22.7 Å². The number of benzene rings is 2. The van der Waals surface area contributed by atoms with E-state index in [1.165, 1.54) is 11.0 Å². The number of carbonyl (C=O) groups is 1. The summed E-state index contributed by atoms with van der Waals surface area (Å²) >= 11 is 0. The third kappa shape index (κ3) is 3.02. The minimum atomic E-state index is -4.46.